The Bertz CT molecular complexity index is 729. The van der Waals surface area contributed by atoms with E-state index in [4.69, 9.17) is 9.47 Å². The average molecular weight is 582 g/mol. The van der Waals surface area contributed by atoms with Crippen LogP contribution in [0, 0.1) is 5.41 Å². The van der Waals surface area contributed by atoms with Crippen molar-refractivity contribution in [2.24, 2.45) is 5.41 Å². The smallest absolute Gasteiger partial charge is 0.323 e. The normalized spacial score (nSPS) is 11.5. The highest BCUT2D eigenvalue weighted by atomic mass is 79.9. The lowest BCUT2D eigenvalue weighted by molar-refractivity contribution is -0.174. The summed E-state index contributed by atoms with van der Waals surface area (Å²) < 4.78 is 12.0. The molecular weight excluding hydrogens is 528 g/mol. The summed E-state index contributed by atoms with van der Waals surface area (Å²) in [4.78, 5) is 25.7. The number of benzene rings is 1. The molecule has 0 N–H and O–H groups in total. The van der Waals surface area contributed by atoms with E-state index in [9.17, 15) is 9.59 Å². The minimum atomic E-state index is -1.22. The Morgan fingerprint density at radius 1 is 0.676 bits per heavy atom. The lowest BCUT2D eigenvalue weighted by Crippen LogP contribution is -2.41. The summed E-state index contributed by atoms with van der Waals surface area (Å²) in [6.07, 6.45) is 21.7. The maximum Gasteiger partial charge on any atom is 0.323 e. The number of unbranched alkanes of at least 4 members (excludes halogenated alkanes) is 15. The number of rotatable bonds is 23. The maximum absolute atomic E-state index is 12.9. The van der Waals surface area contributed by atoms with Crippen LogP contribution in [-0.4, -0.2) is 18.5 Å². The van der Waals surface area contributed by atoms with Gasteiger partial charge in [0.15, 0.2) is 5.41 Å². The standard InChI is InChI=1S/C32H53BrO4/c1-4-7-8-9-10-11-12-13-14-15-16-17-18-19-20-21-25-36-30(34)32(5-2,6-3)31(35)37-27-28-23-22-24-29(33)26-28/h22-24,26H,4-21,25,27H2,1-3H3. The second-order valence-corrected chi connectivity index (χ2v) is 11.4. The minimum absolute atomic E-state index is 0.145. The van der Waals surface area contributed by atoms with E-state index in [1.54, 1.807) is 0 Å². The highest BCUT2D eigenvalue weighted by Crippen LogP contribution is 2.31. The zero-order chi connectivity index (χ0) is 27.2. The van der Waals surface area contributed by atoms with Crippen molar-refractivity contribution in [2.45, 2.75) is 143 Å². The Morgan fingerprint density at radius 2 is 1.14 bits per heavy atom. The van der Waals surface area contributed by atoms with Crippen LogP contribution in [0.25, 0.3) is 0 Å². The van der Waals surface area contributed by atoms with Gasteiger partial charge in [0.25, 0.3) is 0 Å². The Morgan fingerprint density at radius 3 is 1.59 bits per heavy atom. The quantitative estimate of drug-likeness (QED) is 0.0733. The van der Waals surface area contributed by atoms with Crippen LogP contribution in [-0.2, 0) is 25.7 Å². The van der Waals surface area contributed by atoms with E-state index in [1.165, 1.54) is 89.9 Å². The highest BCUT2D eigenvalue weighted by molar-refractivity contribution is 9.10. The molecule has 212 valence electrons. The van der Waals surface area contributed by atoms with Crippen LogP contribution in [0.15, 0.2) is 28.7 Å². The van der Waals surface area contributed by atoms with Gasteiger partial charge in [-0.1, -0.05) is 145 Å². The van der Waals surface area contributed by atoms with Gasteiger partial charge in [0.05, 0.1) is 6.61 Å². The van der Waals surface area contributed by atoms with Crippen molar-refractivity contribution >= 4 is 27.9 Å². The van der Waals surface area contributed by atoms with E-state index >= 15 is 0 Å². The molecular formula is C32H53BrO4. The molecule has 1 rings (SSSR count). The number of halogens is 1. The fourth-order valence-electron chi connectivity index (χ4n) is 4.78. The highest BCUT2D eigenvalue weighted by Gasteiger charge is 2.45. The molecule has 0 amide bonds. The van der Waals surface area contributed by atoms with Gasteiger partial charge >= 0.3 is 11.9 Å². The number of hydrogen-bond donors (Lipinski definition) is 0. The van der Waals surface area contributed by atoms with Crippen molar-refractivity contribution in [1.82, 2.24) is 0 Å². The predicted octanol–water partition coefficient (Wildman–Crippen LogP) is 10.1. The largest absolute Gasteiger partial charge is 0.465 e. The topological polar surface area (TPSA) is 52.6 Å². The molecule has 1 aromatic carbocycles. The summed E-state index contributed by atoms with van der Waals surface area (Å²) in [7, 11) is 0. The number of ether oxygens (including phenoxy) is 2. The first kappa shape index (κ1) is 33.7. The third-order valence-electron chi connectivity index (χ3n) is 7.48. The van der Waals surface area contributed by atoms with Gasteiger partial charge in [0.1, 0.15) is 6.61 Å². The zero-order valence-electron chi connectivity index (χ0n) is 24.0. The lowest BCUT2D eigenvalue weighted by Gasteiger charge is -2.27. The number of carbonyl (C=O) groups excluding carboxylic acids is 2. The Kier molecular flexibility index (Phi) is 19.6. The third-order valence-corrected chi connectivity index (χ3v) is 7.97. The van der Waals surface area contributed by atoms with Gasteiger partial charge in [-0.25, -0.2) is 0 Å². The van der Waals surface area contributed by atoms with Gasteiger partial charge in [-0.15, -0.1) is 0 Å². The average Bonchev–Trinajstić information content (AvgIpc) is 2.90. The van der Waals surface area contributed by atoms with Crippen molar-refractivity contribution in [3.8, 4) is 0 Å². The minimum Gasteiger partial charge on any atom is -0.465 e. The van der Waals surface area contributed by atoms with Crippen LogP contribution in [0.1, 0.15) is 142 Å². The first-order chi connectivity index (χ1) is 18.0. The number of esters is 2. The molecule has 37 heavy (non-hydrogen) atoms. The van der Waals surface area contributed by atoms with E-state index in [-0.39, 0.29) is 6.61 Å². The second-order valence-electron chi connectivity index (χ2n) is 10.4. The third kappa shape index (κ3) is 14.4. The first-order valence-corrected chi connectivity index (χ1v) is 15.9. The van der Waals surface area contributed by atoms with Crippen molar-refractivity contribution < 1.29 is 19.1 Å². The van der Waals surface area contributed by atoms with E-state index in [0.29, 0.717) is 19.4 Å². The molecule has 0 saturated heterocycles. The summed E-state index contributed by atoms with van der Waals surface area (Å²) in [6.45, 7) is 6.49. The molecule has 0 unspecified atom stereocenters. The van der Waals surface area contributed by atoms with Crippen LogP contribution in [0.5, 0.6) is 0 Å². The molecule has 0 aliphatic rings. The molecule has 0 aliphatic carbocycles. The van der Waals surface area contributed by atoms with Crippen molar-refractivity contribution in [3.63, 3.8) is 0 Å². The summed E-state index contributed by atoms with van der Waals surface area (Å²) in [6, 6.07) is 7.62. The molecule has 0 aromatic heterocycles. The van der Waals surface area contributed by atoms with E-state index in [2.05, 4.69) is 22.9 Å². The summed E-state index contributed by atoms with van der Waals surface area (Å²) in [5.74, 6) is -0.938. The van der Waals surface area contributed by atoms with Gasteiger partial charge in [-0.05, 0) is 37.0 Å². The van der Waals surface area contributed by atoms with Crippen molar-refractivity contribution in [2.75, 3.05) is 6.61 Å². The Labute approximate surface area is 235 Å². The molecule has 0 aliphatic heterocycles. The first-order valence-electron chi connectivity index (χ1n) is 15.1. The molecule has 0 atom stereocenters. The summed E-state index contributed by atoms with van der Waals surface area (Å²) in [5.41, 5.74) is -0.341. The molecule has 0 heterocycles. The van der Waals surface area contributed by atoms with Crippen LogP contribution in [0.3, 0.4) is 0 Å². The second kappa shape index (κ2) is 21.6. The van der Waals surface area contributed by atoms with Gasteiger partial charge in [-0.3, -0.25) is 9.59 Å². The van der Waals surface area contributed by atoms with Gasteiger partial charge in [0, 0.05) is 4.47 Å². The van der Waals surface area contributed by atoms with Gasteiger partial charge in [-0.2, -0.15) is 0 Å². The molecule has 0 radical (unpaired) electrons. The molecule has 1 aromatic rings. The lowest BCUT2D eigenvalue weighted by atomic mass is 9.82. The van der Waals surface area contributed by atoms with Crippen LogP contribution in [0.4, 0.5) is 0 Å². The molecule has 0 saturated carbocycles. The van der Waals surface area contributed by atoms with Crippen LogP contribution >= 0.6 is 15.9 Å². The number of hydrogen-bond acceptors (Lipinski definition) is 4. The Hall–Kier alpha value is -1.36. The zero-order valence-corrected chi connectivity index (χ0v) is 25.5. The molecule has 5 heteroatoms. The van der Waals surface area contributed by atoms with Crippen molar-refractivity contribution in [1.29, 1.82) is 0 Å². The molecule has 4 nitrogen and oxygen atoms in total. The van der Waals surface area contributed by atoms with Crippen molar-refractivity contribution in [3.05, 3.63) is 34.3 Å². The Balaban J connectivity index is 2.11. The monoisotopic (exact) mass is 580 g/mol. The summed E-state index contributed by atoms with van der Waals surface area (Å²) >= 11 is 3.42. The maximum atomic E-state index is 12.9. The van der Waals surface area contributed by atoms with Gasteiger partial charge in [0.2, 0.25) is 0 Å². The molecule has 0 spiro atoms. The van der Waals surface area contributed by atoms with Gasteiger partial charge < -0.3 is 9.47 Å². The summed E-state index contributed by atoms with van der Waals surface area (Å²) in [5, 5.41) is 0. The number of carbonyl (C=O) groups is 2. The van der Waals surface area contributed by atoms with E-state index in [1.807, 2.05) is 38.1 Å². The fraction of sp³-hybridized carbons (Fsp3) is 0.750. The molecule has 0 bridgehead atoms. The van der Waals surface area contributed by atoms with Crippen LogP contribution in [0.2, 0.25) is 0 Å². The van der Waals surface area contributed by atoms with E-state index in [0.717, 1.165) is 22.9 Å². The SMILES string of the molecule is CCCCCCCCCCCCCCCCCCOC(=O)C(CC)(CC)C(=O)OCc1cccc(Br)c1. The fourth-order valence-corrected chi connectivity index (χ4v) is 5.22. The predicted molar refractivity (Wildman–Crippen MR) is 157 cm³/mol. The van der Waals surface area contributed by atoms with Crippen LogP contribution < -0.4 is 0 Å². The molecule has 0 fully saturated rings. The van der Waals surface area contributed by atoms with E-state index < -0.39 is 17.4 Å².